The highest BCUT2D eigenvalue weighted by molar-refractivity contribution is 9.10. The molecule has 0 atom stereocenters. The van der Waals surface area contributed by atoms with E-state index in [2.05, 4.69) is 21.1 Å². The van der Waals surface area contributed by atoms with Gasteiger partial charge < -0.3 is 9.26 Å². The van der Waals surface area contributed by atoms with Crippen LogP contribution in [-0.4, -0.2) is 11.1 Å². The zero-order chi connectivity index (χ0) is 15.0. The molecular weight excluding hydrogens is 334 g/mol. The van der Waals surface area contributed by atoms with Crippen molar-refractivity contribution in [1.29, 1.82) is 0 Å². The van der Waals surface area contributed by atoms with Crippen molar-refractivity contribution in [1.82, 2.24) is 5.16 Å². The van der Waals surface area contributed by atoms with Gasteiger partial charge in [-0.3, -0.25) is 0 Å². The fourth-order valence-corrected chi connectivity index (χ4v) is 2.57. The van der Waals surface area contributed by atoms with Crippen LogP contribution in [0.1, 0.15) is 21.8 Å². The molecule has 0 amide bonds. The molecule has 0 N–H and O–H groups in total. The Morgan fingerprint density at radius 3 is 2.57 bits per heavy atom. The van der Waals surface area contributed by atoms with Crippen molar-refractivity contribution < 1.29 is 14.1 Å². The van der Waals surface area contributed by atoms with Gasteiger partial charge in [0.25, 0.3) is 0 Å². The summed E-state index contributed by atoms with van der Waals surface area (Å²) in [5, 5.41) is 5.83. The molecule has 0 saturated carbocycles. The van der Waals surface area contributed by atoms with Crippen molar-refractivity contribution in [2.24, 2.45) is 0 Å². The number of fused-ring (bicyclic) bond motifs is 1. The molecule has 0 saturated heterocycles. The predicted molar refractivity (Wildman–Crippen MR) is 82.6 cm³/mol. The average molecular weight is 346 g/mol. The standard InChI is InChI=1S/C16H12BrNO3/c1-9-15(10(2)21-18-9)16(19)20-14-6-4-11-7-13(17)5-3-12(11)8-14/h3-8H,1-2H3. The van der Waals surface area contributed by atoms with Crippen LogP contribution < -0.4 is 4.74 Å². The molecule has 0 aliphatic heterocycles. The Kier molecular flexibility index (Phi) is 3.51. The maximum Gasteiger partial charge on any atom is 0.349 e. The van der Waals surface area contributed by atoms with Gasteiger partial charge >= 0.3 is 5.97 Å². The fourth-order valence-electron chi connectivity index (χ4n) is 2.19. The zero-order valence-corrected chi connectivity index (χ0v) is 13.1. The maximum absolute atomic E-state index is 12.2. The van der Waals surface area contributed by atoms with Crippen LogP contribution in [0.2, 0.25) is 0 Å². The van der Waals surface area contributed by atoms with Gasteiger partial charge in [0.2, 0.25) is 0 Å². The van der Waals surface area contributed by atoms with E-state index in [-0.39, 0.29) is 0 Å². The summed E-state index contributed by atoms with van der Waals surface area (Å²) in [6.45, 7) is 3.40. The molecule has 3 rings (SSSR count). The smallest absolute Gasteiger partial charge is 0.349 e. The first kappa shape index (κ1) is 13.8. The lowest BCUT2D eigenvalue weighted by molar-refractivity contribution is 0.0732. The van der Waals surface area contributed by atoms with Crippen LogP contribution in [0, 0.1) is 13.8 Å². The molecule has 0 aliphatic carbocycles. The molecule has 0 fully saturated rings. The number of benzene rings is 2. The minimum Gasteiger partial charge on any atom is -0.423 e. The van der Waals surface area contributed by atoms with Crippen molar-refractivity contribution in [3.63, 3.8) is 0 Å². The topological polar surface area (TPSA) is 52.3 Å². The van der Waals surface area contributed by atoms with Gasteiger partial charge in [0, 0.05) is 4.47 Å². The number of rotatable bonds is 2. The summed E-state index contributed by atoms with van der Waals surface area (Å²) < 4.78 is 11.4. The lowest BCUT2D eigenvalue weighted by Crippen LogP contribution is -2.10. The first-order valence-corrected chi connectivity index (χ1v) is 7.18. The van der Waals surface area contributed by atoms with Gasteiger partial charge in [-0.1, -0.05) is 33.2 Å². The molecule has 0 spiro atoms. The first-order valence-electron chi connectivity index (χ1n) is 6.39. The summed E-state index contributed by atoms with van der Waals surface area (Å²) in [5.41, 5.74) is 0.910. The van der Waals surface area contributed by atoms with Crippen LogP contribution in [0.15, 0.2) is 45.4 Å². The molecule has 1 heterocycles. The monoisotopic (exact) mass is 345 g/mol. The summed E-state index contributed by atoms with van der Waals surface area (Å²) >= 11 is 3.43. The Labute approximate surface area is 129 Å². The number of carbonyl (C=O) groups is 1. The number of aromatic nitrogens is 1. The van der Waals surface area contributed by atoms with Crippen molar-refractivity contribution >= 4 is 32.7 Å². The minimum atomic E-state index is -0.456. The number of hydrogen-bond donors (Lipinski definition) is 0. The summed E-state index contributed by atoms with van der Waals surface area (Å²) in [7, 11) is 0. The van der Waals surface area contributed by atoms with Crippen LogP contribution in [-0.2, 0) is 0 Å². The van der Waals surface area contributed by atoms with E-state index in [1.54, 1.807) is 19.9 Å². The molecule has 1 aromatic heterocycles. The molecule has 4 nitrogen and oxygen atoms in total. The third-order valence-corrected chi connectivity index (χ3v) is 3.72. The Hall–Kier alpha value is -2.14. The number of aryl methyl sites for hydroxylation is 2. The molecule has 2 aromatic carbocycles. The number of nitrogens with zero attached hydrogens (tertiary/aromatic N) is 1. The Morgan fingerprint density at radius 2 is 1.86 bits per heavy atom. The van der Waals surface area contributed by atoms with Crippen molar-refractivity contribution in [2.45, 2.75) is 13.8 Å². The highest BCUT2D eigenvalue weighted by Crippen LogP contribution is 2.25. The van der Waals surface area contributed by atoms with E-state index < -0.39 is 5.97 Å². The van der Waals surface area contributed by atoms with Gasteiger partial charge in [0.05, 0.1) is 5.69 Å². The normalized spacial score (nSPS) is 10.8. The quantitative estimate of drug-likeness (QED) is 0.509. The summed E-state index contributed by atoms with van der Waals surface area (Å²) in [6, 6.07) is 11.4. The van der Waals surface area contributed by atoms with E-state index >= 15 is 0 Å². The average Bonchev–Trinajstić information content (AvgIpc) is 2.78. The SMILES string of the molecule is Cc1noc(C)c1C(=O)Oc1ccc2cc(Br)ccc2c1. The van der Waals surface area contributed by atoms with Crippen molar-refractivity contribution in [3.05, 3.63) is 57.9 Å². The molecule has 0 radical (unpaired) electrons. The van der Waals surface area contributed by atoms with Gasteiger partial charge in [-0.2, -0.15) is 0 Å². The highest BCUT2D eigenvalue weighted by Gasteiger charge is 2.19. The molecule has 0 bridgehead atoms. The lowest BCUT2D eigenvalue weighted by Gasteiger charge is -2.05. The lowest BCUT2D eigenvalue weighted by atomic mass is 10.1. The van der Waals surface area contributed by atoms with E-state index in [9.17, 15) is 4.79 Å². The van der Waals surface area contributed by atoms with E-state index in [4.69, 9.17) is 9.26 Å². The Morgan fingerprint density at radius 1 is 1.14 bits per heavy atom. The van der Waals surface area contributed by atoms with Gasteiger partial charge in [0.15, 0.2) is 0 Å². The molecule has 0 unspecified atom stereocenters. The van der Waals surface area contributed by atoms with Crippen LogP contribution in [0.3, 0.4) is 0 Å². The Bertz CT molecular complexity index is 819. The summed E-state index contributed by atoms with van der Waals surface area (Å²) in [4.78, 5) is 12.2. The second-order valence-electron chi connectivity index (χ2n) is 4.74. The molecule has 0 aliphatic rings. The summed E-state index contributed by atoms with van der Waals surface area (Å²) in [5.74, 6) is 0.500. The second kappa shape index (κ2) is 5.33. The number of hydrogen-bond acceptors (Lipinski definition) is 4. The number of ether oxygens (including phenoxy) is 1. The predicted octanol–water partition coefficient (Wildman–Crippen LogP) is 4.43. The summed E-state index contributed by atoms with van der Waals surface area (Å²) in [6.07, 6.45) is 0. The largest absolute Gasteiger partial charge is 0.423 e. The van der Waals surface area contributed by atoms with Crippen LogP contribution in [0.25, 0.3) is 10.8 Å². The Balaban J connectivity index is 1.91. The molecule has 5 heteroatoms. The number of halogens is 1. The molecule has 21 heavy (non-hydrogen) atoms. The van der Waals surface area contributed by atoms with E-state index in [1.807, 2.05) is 30.3 Å². The number of carbonyl (C=O) groups excluding carboxylic acids is 1. The van der Waals surface area contributed by atoms with Crippen LogP contribution in [0.4, 0.5) is 0 Å². The molecule has 106 valence electrons. The van der Waals surface area contributed by atoms with Gasteiger partial charge in [-0.05, 0) is 48.9 Å². The van der Waals surface area contributed by atoms with Gasteiger partial charge in [-0.25, -0.2) is 4.79 Å². The highest BCUT2D eigenvalue weighted by atomic mass is 79.9. The first-order chi connectivity index (χ1) is 10.0. The van der Waals surface area contributed by atoms with E-state index in [1.165, 1.54) is 0 Å². The third-order valence-electron chi connectivity index (χ3n) is 3.22. The van der Waals surface area contributed by atoms with E-state index in [0.717, 1.165) is 15.2 Å². The fraction of sp³-hybridized carbons (Fsp3) is 0.125. The third kappa shape index (κ3) is 2.69. The van der Waals surface area contributed by atoms with Crippen LogP contribution >= 0.6 is 15.9 Å². The number of esters is 1. The second-order valence-corrected chi connectivity index (χ2v) is 5.66. The minimum absolute atomic E-state index is 0.380. The zero-order valence-electron chi connectivity index (χ0n) is 11.5. The van der Waals surface area contributed by atoms with Gasteiger partial charge in [-0.15, -0.1) is 0 Å². The van der Waals surface area contributed by atoms with E-state index in [0.29, 0.717) is 22.8 Å². The molecular formula is C16H12BrNO3. The van der Waals surface area contributed by atoms with Crippen molar-refractivity contribution in [2.75, 3.05) is 0 Å². The maximum atomic E-state index is 12.2. The van der Waals surface area contributed by atoms with Crippen molar-refractivity contribution in [3.8, 4) is 5.75 Å². The van der Waals surface area contributed by atoms with Gasteiger partial charge in [0.1, 0.15) is 17.1 Å². The molecule has 3 aromatic rings. The van der Waals surface area contributed by atoms with Crippen LogP contribution in [0.5, 0.6) is 5.75 Å².